The van der Waals surface area contributed by atoms with Crippen LogP contribution in [0, 0.1) is 6.92 Å². The fourth-order valence-electron chi connectivity index (χ4n) is 1.93. The molecule has 2 rings (SSSR count). The first kappa shape index (κ1) is 13.9. The highest BCUT2D eigenvalue weighted by atomic mass is 16.5. The van der Waals surface area contributed by atoms with E-state index in [0.29, 0.717) is 12.2 Å². The molecule has 0 unspecified atom stereocenters. The Morgan fingerprint density at radius 1 is 1.20 bits per heavy atom. The molecule has 0 bridgehead atoms. The summed E-state index contributed by atoms with van der Waals surface area (Å²) in [5.41, 5.74) is 2.99. The zero-order valence-electron chi connectivity index (χ0n) is 11.5. The highest BCUT2D eigenvalue weighted by molar-refractivity contribution is 5.94. The maximum atomic E-state index is 11.2. The quantitative estimate of drug-likeness (QED) is 0.876. The lowest BCUT2D eigenvalue weighted by Gasteiger charge is -2.11. The molecule has 0 amide bonds. The number of hydrogen-bond acceptors (Lipinski definition) is 3. The largest absolute Gasteiger partial charge is 0.497 e. The number of nitrogens with one attached hydrogen (secondary N) is 1. The van der Waals surface area contributed by atoms with Crippen molar-refractivity contribution in [3.63, 3.8) is 0 Å². The number of rotatable bonds is 5. The third-order valence-corrected chi connectivity index (χ3v) is 3.05. The van der Waals surface area contributed by atoms with Crippen LogP contribution >= 0.6 is 0 Å². The highest BCUT2D eigenvalue weighted by Gasteiger charge is 2.09. The molecule has 20 heavy (non-hydrogen) atoms. The Morgan fingerprint density at radius 2 is 1.90 bits per heavy atom. The predicted molar refractivity (Wildman–Crippen MR) is 78.5 cm³/mol. The molecule has 0 heterocycles. The van der Waals surface area contributed by atoms with Crippen LogP contribution in [0.1, 0.15) is 21.5 Å². The predicted octanol–water partition coefficient (Wildman–Crippen LogP) is 3.31. The fourth-order valence-corrected chi connectivity index (χ4v) is 1.93. The second kappa shape index (κ2) is 6.10. The maximum Gasteiger partial charge on any atom is 0.337 e. The number of hydrogen-bond donors (Lipinski definition) is 2. The van der Waals surface area contributed by atoms with Crippen LogP contribution in [0.15, 0.2) is 42.5 Å². The van der Waals surface area contributed by atoms with Gasteiger partial charge >= 0.3 is 5.97 Å². The van der Waals surface area contributed by atoms with E-state index < -0.39 is 5.97 Å². The second-order valence-corrected chi connectivity index (χ2v) is 4.56. The standard InChI is InChI=1S/C16H17NO3/c1-11-3-8-14(16(18)19)15(9-11)17-10-12-4-6-13(20-2)7-5-12/h3-9,17H,10H2,1-2H3,(H,18,19). The van der Waals surface area contributed by atoms with Gasteiger partial charge in [-0.1, -0.05) is 18.2 Å². The summed E-state index contributed by atoms with van der Waals surface area (Å²) in [5, 5.41) is 12.3. The van der Waals surface area contributed by atoms with Gasteiger partial charge in [-0.3, -0.25) is 0 Å². The van der Waals surface area contributed by atoms with Gasteiger partial charge in [-0.15, -0.1) is 0 Å². The van der Waals surface area contributed by atoms with Gasteiger partial charge in [0.1, 0.15) is 5.75 Å². The molecule has 104 valence electrons. The van der Waals surface area contributed by atoms with Crippen LogP contribution in [0.3, 0.4) is 0 Å². The number of benzene rings is 2. The van der Waals surface area contributed by atoms with Gasteiger partial charge in [0.25, 0.3) is 0 Å². The van der Waals surface area contributed by atoms with E-state index in [1.807, 2.05) is 37.3 Å². The molecule has 0 saturated carbocycles. The van der Waals surface area contributed by atoms with Crippen LogP contribution in [-0.2, 0) is 6.54 Å². The van der Waals surface area contributed by atoms with Gasteiger partial charge in [0.15, 0.2) is 0 Å². The lowest BCUT2D eigenvalue weighted by molar-refractivity contribution is 0.0698. The minimum Gasteiger partial charge on any atom is -0.497 e. The van der Waals surface area contributed by atoms with E-state index in [0.717, 1.165) is 16.9 Å². The Morgan fingerprint density at radius 3 is 2.50 bits per heavy atom. The SMILES string of the molecule is COc1ccc(CNc2cc(C)ccc2C(=O)O)cc1. The molecule has 2 aromatic rings. The normalized spacial score (nSPS) is 10.1. The van der Waals surface area contributed by atoms with Crippen molar-refractivity contribution in [2.75, 3.05) is 12.4 Å². The topological polar surface area (TPSA) is 58.6 Å². The lowest BCUT2D eigenvalue weighted by atomic mass is 10.1. The minimum atomic E-state index is -0.928. The van der Waals surface area contributed by atoms with Crippen LogP contribution in [0.25, 0.3) is 0 Å². The highest BCUT2D eigenvalue weighted by Crippen LogP contribution is 2.19. The Labute approximate surface area is 118 Å². The van der Waals surface area contributed by atoms with E-state index >= 15 is 0 Å². The van der Waals surface area contributed by atoms with Crippen molar-refractivity contribution >= 4 is 11.7 Å². The van der Waals surface area contributed by atoms with Crippen LogP contribution < -0.4 is 10.1 Å². The number of aryl methyl sites for hydroxylation is 1. The molecule has 2 aromatic carbocycles. The van der Waals surface area contributed by atoms with Crippen molar-refractivity contribution < 1.29 is 14.6 Å². The van der Waals surface area contributed by atoms with Crippen LogP contribution in [0.4, 0.5) is 5.69 Å². The van der Waals surface area contributed by atoms with E-state index in [1.165, 1.54) is 0 Å². The zero-order chi connectivity index (χ0) is 14.5. The van der Waals surface area contributed by atoms with Gasteiger partial charge in [-0.25, -0.2) is 4.79 Å². The molecule has 4 heteroatoms. The number of methoxy groups -OCH3 is 1. The molecule has 0 aromatic heterocycles. The summed E-state index contributed by atoms with van der Waals surface area (Å²) >= 11 is 0. The van der Waals surface area contributed by atoms with Gasteiger partial charge < -0.3 is 15.2 Å². The van der Waals surface area contributed by atoms with Crippen molar-refractivity contribution in [2.45, 2.75) is 13.5 Å². The average molecular weight is 271 g/mol. The van der Waals surface area contributed by atoms with Gasteiger partial charge in [-0.05, 0) is 42.3 Å². The van der Waals surface area contributed by atoms with E-state index in [-0.39, 0.29) is 5.56 Å². The van der Waals surface area contributed by atoms with Crippen molar-refractivity contribution in [3.05, 3.63) is 59.2 Å². The molecular formula is C16H17NO3. The zero-order valence-corrected chi connectivity index (χ0v) is 11.5. The number of carboxylic acids is 1. The van der Waals surface area contributed by atoms with Gasteiger partial charge in [0, 0.05) is 12.2 Å². The van der Waals surface area contributed by atoms with E-state index in [1.54, 1.807) is 19.2 Å². The van der Waals surface area contributed by atoms with Crippen LogP contribution in [0.2, 0.25) is 0 Å². The summed E-state index contributed by atoms with van der Waals surface area (Å²) in [6, 6.07) is 12.9. The maximum absolute atomic E-state index is 11.2. The number of carboxylic acid groups (broad SMARTS) is 1. The van der Waals surface area contributed by atoms with E-state index in [9.17, 15) is 4.79 Å². The lowest BCUT2D eigenvalue weighted by Crippen LogP contribution is -2.06. The molecular weight excluding hydrogens is 254 g/mol. The fraction of sp³-hybridized carbons (Fsp3) is 0.188. The van der Waals surface area contributed by atoms with Crippen molar-refractivity contribution in [1.82, 2.24) is 0 Å². The summed E-state index contributed by atoms with van der Waals surface area (Å²) in [6.45, 7) is 2.50. The monoisotopic (exact) mass is 271 g/mol. The molecule has 0 aliphatic carbocycles. The van der Waals surface area contributed by atoms with Crippen LogP contribution in [0.5, 0.6) is 5.75 Å². The summed E-state index contributed by atoms with van der Waals surface area (Å²) < 4.78 is 5.10. The average Bonchev–Trinajstić information content (AvgIpc) is 2.45. The first-order valence-electron chi connectivity index (χ1n) is 6.31. The van der Waals surface area contributed by atoms with Crippen molar-refractivity contribution in [1.29, 1.82) is 0 Å². The smallest absolute Gasteiger partial charge is 0.337 e. The molecule has 0 spiro atoms. The Kier molecular flexibility index (Phi) is 4.25. The molecule has 0 saturated heterocycles. The summed E-state index contributed by atoms with van der Waals surface area (Å²) in [5.74, 6) is -0.127. The van der Waals surface area contributed by atoms with E-state index in [2.05, 4.69) is 5.32 Å². The molecule has 0 aliphatic rings. The van der Waals surface area contributed by atoms with Crippen LogP contribution in [-0.4, -0.2) is 18.2 Å². The summed E-state index contributed by atoms with van der Waals surface area (Å²) in [7, 11) is 1.62. The number of anilines is 1. The summed E-state index contributed by atoms with van der Waals surface area (Å²) in [4.78, 5) is 11.2. The molecule has 0 atom stereocenters. The van der Waals surface area contributed by atoms with Crippen molar-refractivity contribution in [2.24, 2.45) is 0 Å². The molecule has 0 radical (unpaired) electrons. The Balaban J connectivity index is 2.13. The number of ether oxygens (including phenoxy) is 1. The number of carbonyl (C=O) groups is 1. The number of aromatic carboxylic acids is 1. The molecule has 4 nitrogen and oxygen atoms in total. The summed E-state index contributed by atoms with van der Waals surface area (Å²) in [6.07, 6.45) is 0. The van der Waals surface area contributed by atoms with E-state index in [4.69, 9.17) is 9.84 Å². The molecule has 0 fully saturated rings. The second-order valence-electron chi connectivity index (χ2n) is 4.56. The third-order valence-electron chi connectivity index (χ3n) is 3.05. The minimum absolute atomic E-state index is 0.282. The Hall–Kier alpha value is -2.49. The van der Waals surface area contributed by atoms with Crippen molar-refractivity contribution in [3.8, 4) is 5.75 Å². The van der Waals surface area contributed by atoms with Gasteiger partial charge in [0.2, 0.25) is 0 Å². The van der Waals surface area contributed by atoms with Gasteiger partial charge in [-0.2, -0.15) is 0 Å². The third kappa shape index (κ3) is 3.29. The Bertz CT molecular complexity index is 606. The first-order valence-corrected chi connectivity index (χ1v) is 6.31. The van der Waals surface area contributed by atoms with Gasteiger partial charge in [0.05, 0.1) is 12.7 Å². The first-order chi connectivity index (χ1) is 9.60. The molecule has 2 N–H and O–H groups in total. The molecule has 0 aliphatic heterocycles.